The molecule has 4 aliphatic rings. The summed E-state index contributed by atoms with van der Waals surface area (Å²) < 4.78 is 22.8. The number of piperidine rings is 1. The number of nitrogens with one attached hydrogen (secondary N) is 2. The number of aliphatic hydroxyl groups is 1. The monoisotopic (exact) mass is 587 g/mol. The molecular weight excluding hydrogens is 538 g/mol. The van der Waals surface area contributed by atoms with E-state index >= 15 is 0 Å². The summed E-state index contributed by atoms with van der Waals surface area (Å²) in [5.41, 5.74) is 1.61. The maximum Gasteiger partial charge on any atom is 0.230 e. The molecule has 0 bridgehead atoms. The lowest BCUT2D eigenvalue weighted by atomic mass is 9.80. The second kappa shape index (κ2) is 13.9. The predicted molar refractivity (Wildman–Crippen MR) is 157 cm³/mol. The minimum atomic E-state index is -1.06. The number of rotatable bonds is 12. The fourth-order valence-electron chi connectivity index (χ4n) is 6.60. The van der Waals surface area contributed by atoms with Crippen LogP contribution >= 0.6 is 0 Å². The van der Waals surface area contributed by atoms with Crippen molar-refractivity contribution in [2.75, 3.05) is 53.2 Å². The number of ether oxygens (including phenoxy) is 4. The molecule has 1 aromatic carbocycles. The maximum atomic E-state index is 14.0. The molecule has 0 spiro atoms. The van der Waals surface area contributed by atoms with E-state index in [1.165, 1.54) is 0 Å². The van der Waals surface area contributed by atoms with Gasteiger partial charge in [-0.05, 0) is 76.0 Å². The summed E-state index contributed by atoms with van der Waals surface area (Å²) in [5, 5.41) is 17.9. The van der Waals surface area contributed by atoms with Gasteiger partial charge in [-0.2, -0.15) is 0 Å². The molecule has 10 nitrogen and oxygen atoms in total. The Bertz CT molecular complexity index is 1090. The van der Waals surface area contributed by atoms with Gasteiger partial charge in [0.25, 0.3) is 0 Å². The Hall–Kier alpha value is -2.40. The molecule has 2 saturated heterocycles. The number of hydrogen-bond acceptors (Lipinski definition) is 8. The van der Waals surface area contributed by atoms with Crippen LogP contribution < -0.4 is 20.1 Å². The highest BCUT2D eigenvalue weighted by Crippen LogP contribution is 2.37. The molecule has 0 radical (unpaired) electrons. The predicted octanol–water partition coefficient (Wildman–Crippen LogP) is 2.44. The standard InChI is InChI=1S/C32H49N3O7/c1-32(2,22-9-14-40-15-10-22)34-30(37)25-18-33-19-26(29(25)36)31(38)35(23-7-8-23)20-21-16-27-24(6-4-12-41-27)28(17-21)42-13-5-11-39-3/h16-17,22-23,25-26,29,33,36H,4-15,18-20H2,1-3H3,(H,34,37)/t25-,26+,29-/m1/s1. The van der Waals surface area contributed by atoms with E-state index < -0.39 is 23.5 Å². The Morgan fingerprint density at radius 2 is 1.86 bits per heavy atom. The summed E-state index contributed by atoms with van der Waals surface area (Å²) in [6.45, 7) is 8.41. The Morgan fingerprint density at radius 3 is 2.60 bits per heavy atom. The lowest BCUT2D eigenvalue weighted by Gasteiger charge is -2.41. The highest BCUT2D eigenvalue weighted by Gasteiger charge is 2.45. The smallest absolute Gasteiger partial charge is 0.230 e. The van der Waals surface area contributed by atoms with Crippen LogP contribution in [0.2, 0.25) is 0 Å². The molecule has 0 unspecified atom stereocenters. The van der Waals surface area contributed by atoms with E-state index in [1.807, 2.05) is 30.9 Å². The van der Waals surface area contributed by atoms with Crippen LogP contribution in [0.5, 0.6) is 11.5 Å². The van der Waals surface area contributed by atoms with Gasteiger partial charge < -0.3 is 39.6 Å². The van der Waals surface area contributed by atoms with Crippen LogP contribution in [0.1, 0.15) is 63.5 Å². The lowest BCUT2D eigenvalue weighted by molar-refractivity contribution is -0.146. The van der Waals surface area contributed by atoms with Crippen LogP contribution in [-0.2, 0) is 32.0 Å². The zero-order valence-corrected chi connectivity index (χ0v) is 25.5. The zero-order valence-electron chi connectivity index (χ0n) is 25.5. The Kier molecular flexibility index (Phi) is 10.3. The molecule has 3 N–H and O–H groups in total. The molecule has 3 fully saturated rings. The minimum absolute atomic E-state index is 0.111. The van der Waals surface area contributed by atoms with Crippen molar-refractivity contribution in [3.8, 4) is 11.5 Å². The van der Waals surface area contributed by atoms with Crippen molar-refractivity contribution in [1.82, 2.24) is 15.5 Å². The molecule has 1 saturated carbocycles. The number of fused-ring (bicyclic) bond motifs is 1. The molecule has 42 heavy (non-hydrogen) atoms. The topological polar surface area (TPSA) is 119 Å². The summed E-state index contributed by atoms with van der Waals surface area (Å²) >= 11 is 0. The molecule has 0 aromatic heterocycles. The first-order valence-electron chi connectivity index (χ1n) is 15.8. The zero-order chi connectivity index (χ0) is 29.7. The lowest BCUT2D eigenvalue weighted by Crippen LogP contribution is -2.60. The quantitative estimate of drug-likeness (QED) is 0.319. The number of aliphatic hydroxyl groups excluding tert-OH is 1. The molecule has 234 valence electrons. The van der Waals surface area contributed by atoms with Crippen molar-refractivity contribution in [1.29, 1.82) is 0 Å². The summed E-state index contributed by atoms with van der Waals surface area (Å²) in [6, 6.07) is 4.20. The maximum absolute atomic E-state index is 14.0. The van der Waals surface area contributed by atoms with Gasteiger partial charge in [0, 0.05) is 70.1 Å². The Balaban J connectivity index is 1.27. The molecule has 3 heterocycles. The second-order valence-corrected chi connectivity index (χ2v) is 12.9. The second-order valence-electron chi connectivity index (χ2n) is 12.9. The van der Waals surface area contributed by atoms with Crippen LogP contribution in [0, 0.1) is 17.8 Å². The van der Waals surface area contributed by atoms with Crippen molar-refractivity contribution >= 4 is 11.8 Å². The van der Waals surface area contributed by atoms with Gasteiger partial charge in [0.1, 0.15) is 11.5 Å². The molecule has 1 aromatic rings. The summed E-state index contributed by atoms with van der Waals surface area (Å²) in [7, 11) is 1.68. The largest absolute Gasteiger partial charge is 0.493 e. The third-order valence-electron chi connectivity index (χ3n) is 9.32. The van der Waals surface area contributed by atoms with Crippen molar-refractivity contribution < 1.29 is 33.6 Å². The number of methoxy groups -OCH3 is 1. The number of benzene rings is 1. The number of carbonyl (C=O) groups excluding carboxylic acids is 2. The van der Waals surface area contributed by atoms with Crippen LogP contribution in [0.4, 0.5) is 0 Å². The summed E-state index contributed by atoms with van der Waals surface area (Å²) in [4.78, 5) is 29.3. The third kappa shape index (κ3) is 7.38. The molecule has 3 atom stereocenters. The highest BCUT2D eigenvalue weighted by atomic mass is 16.5. The molecule has 3 aliphatic heterocycles. The van der Waals surface area contributed by atoms with Crippen molar-refractivity contribution in [3.63, 3.8) is 0 Å². The number of hydrogen-bond donors (Lipinski definition) is 3. The summed E-state index contributed by atoms with van der Waals surface area (Å²) in [6.07, 6.45) is 5.23. The molecule has 1 aliphatic carbocycles. The fraction of sp³-hybridized carbons (Fsp3) is 0.750. The van der Waals surface area contributed by atoms with Gasteiger partial charge in [0.05, 0.1) is 31.2 Å². The van der Waals surface area contributed by atoms with Gasteiger partial charge in [-0.1, -0.05) is 0 Å². The number of amides is 2. The SMILES string of the molecule is COCCCOc1cc(CN(C(=O)[C@H]2CNC[C@@H](C(=O)NC(C)(C)C3CCOCC3)[C@H]2O)C2CC2)cc2c1CCCO2. The van der Waals surface area contributed by atoms with E-state index in [9.17, 15) is 14.7 Å². The first-order chi connectivity index (χ1) is 20.3. The van der Waals surface area contributed by atoms with E-state index in [1.54, 1.807) is 7.11 Å². The molecule has 10 heteroatoms. The van der Waals surface area contributed by atoms with E-state index in [0.29, 0.717) is 58.6 Å². The first kappa shape index (κ1) is 31.0. The third-order valence-corrected chi connectivity index (χ3v) is 9.32. The van der Waals surface area contributed by atoms with Crippen molar-refractivity contribution in [3.05, 3.63) is 23.3 Å². The van der Waals surface area contributed by atoms with E-state index in [0.717, 1.165) is 67.6 Å². The van der Waals surface area contributed by atoms with Crippen molar-refractivity contribution in [2.24, 2.45) is 17.8 Å². The molecule has 5 rings (SSSR count). The summed E-state index contributed by atoms with van der Waals surface area (Å²) in [5.74, 6) is 0.235. The normalized spacial score (nSPS) is 24.8. The van der Waals surface area contributed by atoms with Crippen LogP contribution in [0.15, 0.2) is 12.1 Å². The number of nitrogens with zero attached hydrogens (tertiary/aromatic N) is 1. The van der Waals surface area contributed by atoms with Gasteiger partial charge in [-0.3, -0.25) is 9.59 Å². The van der Waals surface area contributed by atoms with E-state index in [4.69, 9.17) is 18.9 Å². The average Bonchev–Trinajstić information content (AvgIpc) is 3.83. The van der Waals surface area contributed by atoms with Crippen LogP contribution in [0.25, 0.3) is 0 Å². The van der Waals surface area contributed by atoms with Gasteiger partial charge in [-0.15, -0.1) is 0 Å². The molecule has 2 amide bonds. The van der Waals surface area contributed by atoms with Gasteiger partial charge in [0.15, 0.2) is 0 Å². The van der Waals surface area contributed by atoms with E-state index in [2.05, 4.69) is 10.6 Å². The van der Waals surface area contributed by atoms with Gasteiger partial charge in [0.2, 0.25) is 11.8 Å². The van der Waals surface area contributed by atoms with E-state index in [-0.39, 0.29) is 17.9 Å². The van der Waals surface area contributed by atoms with Gasteiger partial charge in [-0.25, -0.2) is 0 Å². The average molecular weight is 588 g/mol. The first-order valence-corrected chi connectivity index (χ1v) is 15.8. The van der Waals surface area contributed by atoms with Crippen molar-refractivity contribution in [2.45, 2.75) is 83.0 Å². The fourth-order valence-corrected chi connectivity index (χ4v) is 6.60. The Labute approximate surface area is 249 Å². The van der Waals surface area contributed by atoms with Gasteiger partial charge >= 0.3 is 0 Å². The highest BCUT2D eigenvalue weighted by molar-refractivity contribution is 5.85. The minimum Gasteiger partial charge on any atom is -0.493 e. The van der Waals surface area contributed by atoms with Crippen LogP contribution in [0.3, 0.4) is 0 Å². The number of carbonyl (C=O) groups is 2. The van der Waals surface area contributed by atoms with Crippen LogP contribution in [-0.4, -0.2) is 92.7 Å². The Morgan fingerprint density at radius 1 is 1.10 bits per heavy atom. The molecular formula is C32H49N3O7.